The van der Waals surface area contributed by atoms with Crippen molar-refractivity contribution < 1.29 is 14.3 Å². The topological polar surface area (TPSA) is 47.6 Å². The highest BCUT2D eigenvalue weighted by Gasteiger charge is 2.39. The fraction of sp³-hybridized carbons (Fsp3) is 0.588. The van der Waals surface area contributed by atoms with Crippen molar-refractivity contribution in [1.82, 2.24) is 5.32 Å². The second-order valence-corrected chi connectivity index (χ2v) is 5.32. The van der Waals surface area contributed by atoms with Crippen LogP contribution in [0.1, 0.15) is 44.6 Å². The van der Waals surface area contributed by atoms with E-state index in [4.69, 9.17) is 9.47 Å². The fourth-order valence-electron chi connectivity index (χ4n) is 2.48. The van der Waals surface area contributed by atoms with Gasteiger partial charge in [-0.3, -0.25) is 4.79 Å². The molecule has 1 aliphatic rings. The molecule has 1 saturated carbocycles. The Labute approximate surface area is 126 Å². The van der Waals surface area contributed by atoms with Crippen molar-refractivity contribution in [3.63, 3.8) is 0 Å². The van der Waals surface area contributed by atoms with Crippen LogP contribution in [0.5, 0.6) is 5.75 Å². The van der Waals surface area contributed by atoms with Crippen molar-refractivity contribution in [1.29, 1.82) is 0 Å². The van der Waals surface area contributed by atoms with Crippen LogP contribution in [0.25, 0.3) is 0 Å². The van der Waals surface area contributed by atoms with Crippen molar-refractivity contribution in [3.8, 4) is 5.75 Å². The fourth-order valence-corrected chi connectivity index (χ4v) is 2.48. The molecule has 0 radical (unpaired) electrons. The van der Waals surface area contributed by atoms with E-state index in [1.54, 1.807) is 0 Å². The lowest BCUT2D eigenvalue weighted by molar-refractivity contribution is -0.121. The normalized spacial score (nSPS) is 20.1. The molecule has 0 aliphatic heterocycles. The largest absolute Gasteiger partial charge is 0.494 e. The van der Waals surface area contributed by atoms with Gasteiger partial charge in [0.1, 0.15) is 5.75 Å². The molecular weight excluding hydrogens is 266 g/mol. The van der Waals surface area contributed by atoms with E-state index in [1.807, 2.05) is 26.0 Å². The van der Waals surface area contributed by atoms with Gasteiger partial charge in [0.15, 0.2) is 0 Å². The highest BCUT2D eigenvalue weighted by atomic mass is 16.5. The molecule has 1 aromatic carbocycles. The maximum atomic E-state index is 11.8. The molecule has 116 valence electrons. The maximum absolute atomic E-state index is 11.8. The van der Waals surface area contributed by atoms with Gasteiger partial charge in [0.2, 0.25) is 5.91 Å². The molecule has 1 amide bonds. The maximum Gasteiger partial charge on any atom is 0.220 e. The Hall–Kier alpha value is -1.55. The van der Waals surface area contributed by atoms with E-state index < -0.39 is 0 Å². The van der Waals surface area contributed by atoms with Crippen LogP contribution in [0, 0.1) is 0 Å². The minimum absolute atomic E-state index is 0.128. The lowest BCUT2D eigenvalue weighted by atomic mass is 10.1. The Morgan fingerprint density at radius 2 is 2.19 bits per heavy atom. The summed E-state index contributed by atoms with van der Waals surface area (Å²) >= 11 is 0. The van der Waals surface area contributed by atoms with Crippen LogP contribution >= 0.6 is 0 Å². The van der Waals surface area contributed by atoms with Crippen LogP contribution < -0.4 is 10.1 Å². The van der Waals surface area contributed by atoms with Gasteiger partial charge in [-0.15, -0.1) is 0 Å². The third kappa shape index (κ3) is 5.05. The Bertz CT molecular complexity index is 461. The zero-order chi connectivity index (χ0) is 15.1. The number of benzene rings is 1. The number of amides is 1. The van der Waals surface area contributed by atoms with Gasteiger partial charge < -0.3 is 14.8 Å². The molecule has 1 fully saturated rings. The zero-order valence-electron chi connectivity index (χ0n) is 12.9. The summed E-state index contributed by atoms with van der Waals surface area (Å²) in [6.07, 6.45) is 2.35. The molecule has 0 spiro atoms. The summed E-state index contributed by atoms with van der Waals surface area (Å²) < 4.78 is 10.8. The molecule has 2 atom stereocenters. The molecule has 0 bridgehead atoms. The van der Waals surface area contributed by atoms with Crippen LogP contribution in [-0.2, 0) is 9.53 Å². The van der Waals surface area contributed by atoms with Gasteiger partial charge in [-0.2, -0.15) is 0 Å². The zero-order valence-corrected chi connectivity index (χ0v) is 12.9. The summed E-state index contributed by atoms with van der Waals surface area (Å²) in [5.74, 6) is 1.47. The first-order valence-corrected chi connectivity index (χ1v) is 7.84. The van der Waals surface area contributed by atoms with Crippen molar-refractivity contribution in [2.24, 2.45) is 0 Å². The summed E-state index contributed by atoms with van der Waals surface area (Å²) in [6, 6.07) is 8.45. The minimum atomic E-state index is 0.128. The molecular formula is C17H25NO3. The van der Waals surface area contributed by atoms with Gasteiger partial charge in [0.05, 0.1) is 6.61 Å². The second kappa shape index (κ2) is 8.03. The molecule has 2 rings (SSSR count). The van der Waals surface area contributed by atoms with Crippen LogP contribution in [0.2, 0.25) is 0 Å². The lowest BCUT2D eigenvalue weighted by Gasteiger charge is -2.07. The van der Waals surface area contributed by atoms with Gasteiger partial charge in [-0.1, -0.05) is 12.1 Å². The standard InChI is InChI=1S/C17H25NO3/c1-3-20-10-6-9-17(19)18-16-12-15(16)13-7-5-8-14(11-13)21-4-2/h5,7-8,11,15-16H,3-4,6,9-10,12H2,1-2H3,(H,18,19)/t15-,16-/m0/s1. The minimum Gasteiger partial charge on any atom is -0.494 e. The molecule has 0 unspecified atom stereocenters. The van der Waals surface area contributed by atoms with Gasteiger partial charge in [0, 0.05) is 31.6 Å². The molecule has 1 aromatic rings. The van der Waals surface area contributed by atoms with Crippen LogP contribution in [0.4, 0.5) is 0 Å². The van der Waals surface area contributed by atoms with Gasteiger partial charge in [-0.25, -0.2) is 0 Å². The van der Waals surface area contributed by atoms with E-state index in [9.17, 15) is 4.79 Å². The molecule has 1 N–H and O–H groups in total. The van der Waals surface area contributed by atoms with Crippen LogP contribution in [0.15, 0.2) is 24.3 Å². The molecule has 1 aliphatic carbocycles. The van der Waals surface area contributed by atoms with Crippen molar-refractivity contribution >= 4 is 5.91 Å². The quantitative estimate of drug-likeness (QED) is 0.712. The van der Waals surface area contributed by atoms with E-state index in [2.05, 4.69) is 17.4 Å². The Morgan fingerprint density at radius 1 is 1.33 bits per heavy atom. The third-order valence-corrected chi connectivity index (χ3v) is 3.63. The van der Waals surface area contributed by atoms with E-state index in [-0.39, 0.29) is 11.9 Å². The number of ether oxygens (including phenoxy) is 2. The summed E-state index contributed by atoms with van der Waals surface area (Å²) in [4.78, 5) is 11.8. The highest BCUT2D eigenvalue weighted by molar-refractivity contribution is 5.76. The van der Waals surface area contributed by atoms with Gasteiger partial charge >= 0.3 is 0 Å². The van der Waals surface area contributed by atoms with Gasteiger partial charge in [0.25, 0.3) is 0 Å². The molecule has 0 heterocycles. The molecule has 21 heavy (non-hydrogen) atoms. The first kappa shape index (κ1) is 15.8. The molecule has 0 saturated heterocycles. The Kier molecular flexibility index (Phi) is 6.05. The number of carbonyl (C=O) groups excluding carboxylic acids is 1. The van der Waals surface area contributed by atoms with Crippen molar-refractivity contribution in [3.05, 3.63) is 29.8 Å². The summed E-state index contributed by atoms with van der Waals surface area (Å²) in [6.45, 7) is 5.99. The number of hydrogen-bond donors (Lipinski definition) is 1. The van der Waals surface area contributed by atoms with E-state index in [0.717, 1.165) is 18.6 Å². The van der Waals surface area contributed by atoms with E-state index >= 15 is 0 Å². The monoisotopic (exact) mass is 291 g/mol. The number of nitrogens with one attached hydrogen (secondary N) is 1. The van der Waals surface area contributed by atoms with E-state index in [1.165, 1.54) is 5.56 Å². The van der Waals surface area contributed by atoms with Crippen molar-refractivity contribution in [2.75, 3.05) is 19.8 Å². The Balaban J connectivity index is 1.74. The highest BCUT2D eigenvalue weighted by Crippen LogP contribution is 2.41. The average molecular weight is 291 g/mol. The summed E-state index contributed by atoms with van der Waals surface area (Å²) in [5, 5.41) is 3.10. The first-order valence-electron chi connectivity index (χ1n) is 7.84. The first-order chi connectivity index (χ1) is 10.2. The van der Waals surface area contributed by atoms with Gasteiger partial charge in [-0.05, 0) is 44.4 Å². The summed E-state index contributed by atoms with van der Waals surface area (Å²) in [7, 11) is 0. The smallest absolute Gasteiger partial charge is 0.220 e. The number of carbonyl (C=O) groups is 1. The second-order valence-electron chi connectivity index (χ2n) is 5.32. The predicted octanol–water partition coefficient (Wildman–Crippen LogP) is 2.87. The summed E-state index contributed by atoms with van der Waals surface area (Å²) in [5.41, 5.74) is 1.25. The predicted molar refractivity (Wildman–Crippen MR) is 82.6 cm³/mol. The number of rotatable bonds is 9. The third-order valence-electron chi connectivity index (χ3n) is 3.63. The lowest BCUT2D eigenvalue weighted by Crippen LogP contribution is -2.26. The van der Waals surface area contributed by atoms with Crippen LogP contribution in [0.3, 0.4) is 0 Å². The van der Waals surface area contributed by atoms with Crippen molar-refractivity contribution in [2.45, 2.75) is 45.1 Å². The van der Waals surface area contributed by atoms with E-state index in [0.29, 0.717) is 32.2 Å². The molecule has 0 aromatic heterocycles. The Morgan fingerprint density at radius 3 is 2.95 bits per heavy atom. The average Bonchev–Trinajstić information content (AvgIpc) is 3.23. The SMILES string of the molecule is CCOCCCC(=O)N[C@H]1C[C@H]1c1cccc(OCC)c1. The van der Waals surface area contributed by atoms with Crippen LogP contribution in [-0.4, -0.2) is 31.8 Å². The molecule has 4 heteroatoms. The molecule has 4 nitrogen and oxygen atoms in total. The number of hydrogen-bond acceptors (Lipinski definition) is 3.